The molecule has 1 N–H and O–H groups in total. The fraction of sp³-hybridized carbons (Fsp3) is 0.154. The van der Waals surface area contributed by atoms with Crippen molar-refractivity contribution < 1.29 is 35.9 Å². The third kappa shape index (κ3) is 4.17. The predicted octanol–water partition coefficient (Wildman–Crippen LogP) is 3.23. The number of ether oxygens (including phenoxy) is 2. The van der Waals surface area contributed by atoms with Gasteiger partial charge in [0.15, 0.2) is 5.75 Å². The quantitative estimate of drug-likeness (QED) is 0.804. The Labute approximate surface area is 138 Å². The van der Waals surface area contributed by atoms with Crippen molar-refractivity contribution in [2.45, 2.75) is 11.3 Å². The summed E-state index contributed by atoms with van der Waals surface area (Å²) >= 11 is 0.829. The first-order chi connectivity index (χ1) is 11.1. The molecule has 0 fully saturated rings. The summed E-state index contributed by atoms with van der Waals surface area (Å²) in [6, 6.07) is 5.79. The highest BCUT2D eigenvalue weighted by Gasteiger charge is 2.33. The SMILES string of the molecule is COC(=O)c1sccc1S(=O)(=O)Nc1ccccc1OC(F)(F)F. The van der Waals surface area contributed by atoms with E-state index in [2.05, 4.69) is 9.47 Å². The molecule has 6 nitrogen and oxygen atoms in total. The van der Waals surface area contributed by atoms with E-state index in [1.54, 1.807) is 0 Å². The number of carbonyl (C=O) groups is 1. The van der Waals surface area contributed by atoms with Crippen LogP contribution in [0, 0.1) is 0 Å². The predicted molar refractivity (Wildman–Crippen MR) is 79.6 cm³/mol. The van der Waals surface area contributed by atoms with E-state index in [1.165, 1.54) is 17.5 Å². The molecule has 24 heavy (non-hydrogen) atoms. The number of thiophene rings is 1. The van der Waals surface area contributed by atoms with Gasteiger partial charge in [-0.2, -0.15) is 0 Å². The van der Waals surface area contributed by atoms with Crippen molar-refractivity contribution >= 4 is 33.0 Å². The van der Waals surface area contributed by atoms with E-state index in [4.69, 9.17) is 0 Å². The van der Waals surface area contributed by atoms with Crippen LogP contribution < -0.4 is 9.46 Å². The molecule has 2 aromatic rings. The number of anilines is 1. The lowest BCUT2D eigenvalue weighted by Gasteiger charge is -2.14. The Morgan fingerprint density at radius 3 is 2.50 bits per heavy atom. The number of sulfonamides is 1. The molecule has 130 valence electrons. The number of nitrogens with one attached hydrogen (secondary N) is 1. The Kier molecular flexibility index (Phi) is 5.04. The van der Waals surface area contributed by atoms with Crippen molar-refractivity contribution in [3.05, 3.63) is 40.6 Å². The summed E-state index contributed by atoms with van der Waals surface area (Å²) in [5, 5.41) is 1.35. The molecule has 0 bridgehead atoms. The molecular weight excluding hydrogens is 371 g/mol. The summed E-state index contributed by atoms with van der Waals surface area (Å²) < 4.78 is 72.1. The fourth-order valence-electron chi connectivity index (χ4n) is 1.72. The second-order valence-corrected chi connectivity index (χ2v) is 6.82. The van der Waals surface area contributed by atoms with Crippen LogP contribution in [0.4, 0.5) is 18.9 Å². The summed E-state index contributed by atoms with van der Waals surface area (Å²) in [7, 11) is -3.24. The van der Waals surface area contributed by atoms with Gasteiger partial charge in [0.25, 0.3) is 10.0 Å². The molecule has 0 radical (unpaired) electrons. The number of para-hydroxylation sites is 2. The number of methoxy groups -OCH3 is 1. The summed E-state index contributed by atoms with van der Waals surface area (Å²) in [6.45, 7) is 0. The van der Waals surface area contributed by atoms with Crippen LogP contribution in [-0.4, -0.2) is 27.9 Å². The Morgan fingerprint density at radius 1 is 1.21 bits per heavy atom. The highest BCUT2D eigenvalue weighted by molar-refractivity contribution is 7.93. The van der Waals surface area contributed by atoms with E-state index in [9.17, 15) is 26.4 Å². The highest BCUT2D eigenvalue weighted by Crippen LogP contribution is 2.32. The molecule has 11 heteroatoms. The van der Waals surface area contributed by atoms with Crippen molar-refractivity contribution in [3.63, 3.8) is 0 Å². The van der Waals surface area contributed by atoms with Crippen molar-refractivity contribution in [2.75, 3.05) is 11.8 Å². The molecule has 0 aliphatic heterocycles. The highest BCUT2D eigenvalue weighted by atomic mass is 32.2. The Balaban J connectivity index is 2.38. The van der Waals surface area contributed by atoms with Gasteiger partial charge in [-0.1, -0.05) is 12.1 Å². The monoisotopic (exact) mass is 381 g/mol. The number of rotatable bonds is 5. The van der Waals surface area contributed by atoms with Gasteiger partial charge in [-0.05, 0) is 23.6 Å². The molecule has 1 heterocycles. The zero-order chi connectivity index (χ0) is 18.0. The molecule has 0 amide bonds. The second kappa shape index (κ2) is 6.69. The average molecular weight is 381 g/mol. The van der Waals surface area contributed by atoms with Gasteiger partial charge in [0, 0.05) is 0 Å². The smallest absolute Gasteiger partial charge is 0.465 e. The van der Waals surface area contributed by atoms with E-state index in [1.807, 2.05) is 4.72 Å². The number of carbonyl (C=O) groups excluding carboxylic acids is 1. The zero-order valence-corrected chi connectivity index (χ0v) is 13.6. The molecule has 0 aliphatic carbocycles. The average Bonchev–Trinajstić information content (AvgIpc) is 2.97. The van der Waals surface area contributed by atoms with E-state index in [0.717, 1.165) is 36.6 Å². The molecule has 0 saturated carbocycles. The van der Waals surface area contributed by atoms with Gasteiger partial charge in [0.1, 0.15) is 9.77 Å². The molecule has 0 unspecified atom stereocenters. The number of alkyl halides is 3. The van der Waals surface area contributed by atoms with Crippen LogP contribution >= 0.6 is 11.3 Å². The first-order valence-electron chi connectivity index (χ1n) is 6.17. The fourth-order valence-corrected chi connectivity index (χ4v) is 4.12. The Morgan fingerprint density at radius 2 is 1.88 bits per heavy atom. The Hall–Kier alpha value is -2.27. The zero-order valence-electron chi connectivity index (χ0n) is 12.0. The van der Waals surface area contributed by atoms with Gasteiger partial charge >= 0.3 is 12.3 Å². The maximum atomic E-state index is 12.4. The number of halogens is 3. The minimum Gasteiger partial charge on any atom is -0.465 e. The van der Waals surface area contributed by atoms with Crippen LogP contribution in [0.25, 0.3) is 0 Å². The van der Waals surface area contributed by atoms with Crippen molar-refractivity contribution in [3.8, 4) is 5.75 Å². The molecule has 1 aromatic carbocycles. The lowest BCUT2D eigenvalue weighted by molar-refractivity contribution is -0.274. The molecule has 0 aliphatic rings. The van der Waals surface area contributed by atoms with Crippen molar-refractivity contribution in [2.24, 2.45) is 0 Å². The van der Waals surface area contributed by atoms with Gasteiger partial charge in [-0.15, -0.1) is 24.5 Å². The number of esters is 1. The van der Waals surface area contributed by atoms with Crippen LogP contribution in [-0.2, 0) is 14.8 Å². The minimum atomic E-state index is -4.99. The Bertz CT molecular complexity index is 845. The number of hydrogen-bond donors (Lipinski definition) is 1. The molecule has 2 rings (SSSR count). The standard InChI is InChI=1S/C13H10F3NO5S2/c1-21-12(18)11-10(6-7-23-11)24(19,20)17-8-4-2-3-5-9(8)22-13(14,15)16/h2-7,17H,1H3. The number of benzene rings is 1. The van der Waals surface area contributed by atoms with E-state index in [-0.39, 0.29) is 4.88 Å². The van der Waals surface area contributed by atoms with Gasteiger partial charge in [-0.25, -0.2) is 13.2 Å². The van der Waals surface area contributed by atoms with Gasteiger partial charge in [0.05, 0.1) is 12.8 Å². The lowest BCUT2D eigenvalue weighted by Crippen LogP contribution is -2.20. The molecule has 0 saturated heterocycles. The van der Waals surface area contributed by atoms with Crippen molar-refractivity contribution in [1.82, 2.24) is 0 Å². The van der Waals surface area contributed by atoms with E-state index < -0.39 is 38.7 Å². The maximum absolute atomic E-state index is 12.4. The van der Waals surface area contributed by atoms with Crippen LogP contribution in [0.15, 0.2) is 40.6 Å². The van der Waals surface area contributed by atoms with Gasteiger partial charge in [0.2, 0.25) is 0 Å². The molecule has 0 spiro atoms. The van der Waals surface area contributed by atoms with Crippen LogP contribution in [0.3, 0.4) is 0 Å². The summed E-state index contributed by atoms with van der Waals surface area (Å²) in [5.41, 5.74) is -0.420. The van der Waals surface area contributed by atoms with Crippen LogP contribution in [0.1, 0.15) is 9.67 Å². The third-order valence-corrected chi connectivity index (χ3v) is 5.08. The summed E-state index contributed by atoms with van der Waals surface area (Å²) in [5.74, 6) is -1.59. The molecular formula is C13H10F3NO5S2. The largest absolute Gasteiger partial charge is 0.573 e. The van der Waals surface area contributed by atoms with Crippen LogP contribution in [0.2, 0.25) is 0 Å². The number of hydrogen-bond acceptors (Lipinski definition) is 6. The second-order valence-electron chi connectivity index (χ2n) is 4.26. The van der Waals surface area contributed by atoms with E-state index in [0.29, 0.717) is 0 Å². The first kappa shape index (κ1) is 18.1. The van der Waals surface area contributed by atoms with E-state index >= 15 is 0 Å². The maximum Gasteiger partial charge on any atom is 0.573 e. The first-order valence-corrected chi connectivity index (χ1v) is 8.54. The topological polar surface area (TPSA) is 81.7 Å². The molecule has 0 atom stereocenters. The summed E-state index contributed by atoms with van der Waals surface area (Å²) in [6.07, 6.45) is -4.99. The lowest BCUT2D eigenvalue weighted by atomic mass is 10.3. The van der Waals surface area contributed by atoms with Gasteiger partial charge < -0.3 is 9.47 Å². The minimum absolute atomic E-state index is 0.195. The molecule has 1 aromatic heterocycles. The van der Waals surface area contributed by atoms with Gasteiger partial charge in [-0.3, -0.25) is 4.72 Å². The van der Waals surface area contributed by atoms with Crippen LogP contribution in [0.5, 0.6) is 5.75 Å². The normalized spacial score (nSPS) is 11.8. The summed E-state index contributed by atoms with van der Waals surface area (Å²) in [4.78, 5) is 11.0. The van der Waals surface area contributed by atoms with Crippen molar-refractivity contribution in [1.29, 1.82) is 0 Å². The third-order valence-electron chi connectivity index (χ3n) is 2.65.